The molecule has 2 N–H and O–H groups in total. The first-order valence-corrected chi connectivity index (χ1v) is 7.31. The molecule has 0 bridgehead atoms. The molecule has 2 aliphatic heterocycles. The quantitative estimate of drug-likeness (QED) is 0.424. The Bertz CT molecular complexity index is 341. The first-order valence-electron chi connectivity index (χ1n) is 7.31. The Morgan fingerprint density at radius 3 is 2.29 bits per heavy atom. The van der Waals surface area contributed by atoms with Crippen LogP contribution in [0.25, 0.3) is 0 Å². The maximum Gasteiger partial charge on any atom is 0.401 e. The second kappa shape index (κ2) is 8.40. The van der Waals surface area contributed by atoms with Crippen LogP contribution in [0.1, 0.15) is 32.1 Å². The van der Waals surface area contributed by atoms with Gasteiger partial charge in [0.25, 0.3) is 0 Å². The largest absolute Gasteiger partial charge is 0.401 e. The molecule has 8 heteroatoms. The van der Waals surface area contributed by atoms with Crippen molar-refractivity contribution in [3.63, 3.8) is 0 Å². The van der Waals surface area contributed by atoms with Crippen molar-refractivity contribution in [1.29, 1.82) is 0 Å². The molecule has 2 rings (SSSR count). The number of nitrogens with zero attached hydrogens (tertiary/aromatic N) is 3. The van der Waals surface area contributed by atoms with Gasteiger partial charge in [-0.3, -0.25) is 4.90 Å². The van der Waals surface area contributed by atoms with E-state index in [0.29, 0.717) is 25.5 Å². The summed E-state index contributed by atoms with van der Waals surface area (Å²) in [5, 5.41) is 0. The highest BCUT2D eigenvalue weighted by Crippen LogP contribution is 2.21. The van der Waals surface area contributed by atoms with E-state index in [-0.39, 0.29) is 30.0 Å². The standard InChI is InChI=1S/C13H23F3N4.HI/c14-13(15,16)10-19-8-5-11(9-19)18-12(17)20-6-3-1-2-4-7-20;/h11H,1-10H2,(H2,17,18);1H. The molecule has 0 radical (unpaired) electrons. The van der Waals surface area contributed by atoms with Gasteiger partial charge in [0.15, 0.2) is 5.96 Å². The van der Waals surface area contributed by atoms with Gasteiger partial charge < -0.3 is 10.6 Å². The summed E-state index contributed by atoms with van der Waals surface area (Å²) in [4.78, 5) is 7.91. The molecule has 2 fully saturated rings. The van der Waals surface area contributed by atoms with Gasteiger partial charge in [0.1, 0.15) is 0 Å². The van der Waals surface area contributed by atoms with Gasteiger partial charge in [-0.25, -0.2) is 4.99 Å². The van der Waals surface area contributed by atoms with Gasteiger partial charge in [-0.1, -0.05) is 12.8 Å². The van der Waals surface area contributed by atoms with Crippen LogP contribution in [0.2, 0.25) is 0 Å². The average molecular weight is 420 g/mol. The lowest BCUT2D eigenvalue weighted by Crippen LogP contribution is -2.39. The van der Waals surface area contributed by atoms with Gasteiger partial charge in [0.2, 0.25) is 0 Å². The Hall–Kier alpha value is -0.250. The van der Waals surface area contributed by atoms with Crippen molar-refractivity contribution in [3.8, 4) is 0 Å². The van der Waals surface area contributed by atoms with Crippen molar-refractivity contribution in [2.45, 2.75) is 44.3 Å². The summed E-state index contributed by atoms with van der Waals surface area (Å²) in [7, 11) is 0. The molecule has 0 spiro atoms. The monoisotopic (exact) mass is 420 g/mol. The van der Waals surface area contributed by atoms with Crippen molar-refractivity contribution < 1.29 is 13.2 Å². The van der Waals surface area contributed by atoms with E-state index in [1.807, 2.05) is 0 Å². The number of halogens is 4. The first-order chi connectivity index (χ1) is 9.44. The van der Waals surface area contributed by atoms with Crippen LogP contribution in [0.3, 0.4) is 0 Å². The molecule has 0 saturated carbocycles. The van der Waals surface area contributed by atoms with Crippen LogP contribution in [0.4, 0.5) is 13.2 Å². The molecule has 0 aromatic rings. The summed E-state index contributed by atoms with van der Waals surface area (Å²) in [6, 6.07) is -0.0967. The van der Waals surface area contributed by atoms with Crippen LogP contribution in [0.15, 0.2) is 4.99 Å². The molecule has 4 nitrogen and oxygen atoms in total. The number of likely N-dealkylation sites (tertiary alicyclic amines) is 2. The summed E-state index contributed by atoms with van der Waals surface area (Å²) in [5.74, 6) is 0.505. The topological polar surface area (TPSA) is 44.9 Å². The molecule has 1 unspecified atom stereocenters. The highest BCUT2D eigenvalue weighted by Gasteiger charge is 2.34. The molecule has 2 aliphatic rings. The summed E-state index contributed by atoms with van der Waals surface area (Å²) in [6.07, 6.45) is 1.18. The average Bonchev–Trinajstić information content (AvgIpc) is 2.63. The van der Waals surface area contributed by atoms with E-state index in [9.17, 15) is 13.2 Å². The van der Waals surface area contributed by atoms with Crippen LogP contribution < -0.4 is 5.73 Å². The Morgan fingerprint density at radius 1 is 1.10 bits per heavy atom. The number of rotatable bonds is 2. The SMILES string of the molecule is I.NC(=NC1CCN(CC(F)(F)F)C1)N1CCCCCC1. The van der Waals surface area contributed by atoms with E-state index in [1.165, 1.54) is 17.7 Å². The molecule has 0 aromatic carbocycles. The van der Waals surface area contributed by atoms with Gasteiger partial charge in [0.05, 0.1) is 12.6 Å². The third-order valence-corrected chi connectivity index (χ3v) is 3.90. The van der Waals surface area contributed by atoms with Crippen molar-refractivity contribution in [2.24, 2.45) is 10.7 Å². The number of hydrogen-bond donors (Lipinski definition) is 1. The van der Waals surface area contributed by atoms with Crippen molar-refractivity contribution >= 4 is 29.9 Å². The summed E-state index contributed by atoms with van der Waals surface area (Å²) in [5.41, 5.74) is 6.01. The van der Waals surface area contributed by atoms with Crippen LogP contribution in [-0.2, 0) is 0 Å². The van der Waals surface area contributed by atoms with Gasteiger partial charge in [-0.2, -0.15) is 13.2 Å². The predicted octanol–water partition coefficient (Wildman–Crippen LogP) is 2.43. The second-order valence-corrected chi connectivity index (χ2v) is 5.68. The molecule has 124 valence electrons. The molecule has 2 heterocycles. The Labute approximate surface area is 141 Å². The van der Waals surface area contributed by atoms with Crippen LogP contribution in [0.5, 0.6) is 0 Å². The number of nitrogens with two attached hydrogens (primary N) is 1. The third kappa shape index (κ3) is 6.58. The lowest BCUT2D eigenvalue weighted by atomic mass is 10.2. The fourth-order valence-corrected chi connectivity index (χ4v) is 2.88. The fourth-order valence-electron chi connectivity index (χ4n) is 2.88. The third-order valence-electron chi connectivity index (χ3n) is 3.90. The van der Waals surface area contributed by atoms with E-state index in [1.54, 1.807) is 0 Å². The molecule has 0 aromatic heterocycles. The molecule has 1 atom stereocenters. The molecule has 2 saturated heterocycles. The van der Waals surface area contributed by atoms with E-state index in [4.69, 9.17) is 5.73 Å². The Balaban J connectivity index is 0.00000220. The minimum Gasteiger partial charge on any atom is -0.370 e. The van der Waals surface area contributed by atoms with Gasteiger partial charge >= 0.3 is 6.18 Å². The minimum absolute atomic E-state index is 0. The van der Waals surface area contributed by atoms with E-state index in [0.717, 1.165) is 25.9 Å². The maximum absolute atomic E-state index is 12.3. The van der Waals surface area contributed by atoms with Crippen molar-refractivity contribution in [2.75, 3.05) is 32.7 Å². The molecule has 21 heavy (non-hydrogen) atoms. The lowest BCUT2D eigenvalue weighted by Gasteiger charge is -2.22. The molecular weight excluding hydrogens is 396 g/mol. The zero-order valence-corrected chi connectivity index (χ0v) is 14.4. The van der Waals surface area contributed by atoms with E-state index >= 15 is 0 Å². The summed E-state index contributed by atoms with van der Waals surface area (Å²) >= 11 is 0. The number of guanidine groups is 1. The normalized spacial score (nSPS) is 25.6. The summed E-state index contributed by atoms with van der Waals surface area (Å²) in [6.45, 7) is 1.78. The van der Waals surface area contributed by atoms with E-state index < -0.39 is 12.7 Å². The van der Waals surface area contributed by atoms with Gasteiger partial charge in [0, 0.05) is 26.2 Å². The zero-order valence-electron chi connectivity index (χ0n) is 12.1. The van der Waals surface area contributed by atoms with Gasteiger partial charge in [-0.15, -0.1) is 24.0 Å². The maximum atomic E-state index is 12.3. The number of alkyl halides is 3. The lowest BCUT2D eigenvalue weighted by molar-refractivity contribution is -0.143. The first kappa shape index (κ1) is 18.8. The van der Waals surface area contributed by atoms with Crippen molar-refractivity contribution in [3.05, 3.63) is 0 Å². The van der Waals surface area contributed by atoms with Gasteiger partial charge in [-0.05, 0) is 19.3 Å². The Morgan fingerprint density at radius 2 is 1.71 bits per heavy atom. The highest BCUT2D eigenvalue weighted by atomic mass is 127. The second-order valence-electron chi connectivity index (χ2n) is 5.68. The Kier molecular flexibility index (Phi) is 7.52. The van der Waals surface area contributed by atoms with E-state index in [2.05, 4.69) is 9.89 Å². The van der Waals surface area contributed by atoms with Crippen LogP contribution in [0, 0.1) is 0 Å². The number of aliphatic imine (C=N–C) groups is 1. The zero-order chi connectivity index (χ0) is 14.6. The molecule has 0 amide bonds. The number of hydrogen-bond acceptors (Lipinski definition) is 2. The molecule has 0 aliphatic carbocycles. The van der Waals surface area contributed by atoms with Crippen LogP contribution in [-0.4, -0.2) is 60.7 Å². The van der Waals surface area contributed by atoms with Crippen LogP contribution >= 0.6 is 24.0 Å². The minimum atomic E-state index is -4.13. The smallest absolute Gasteiger partial charge is 0.370 e. The molecular formula is C13H24F3IN4. The highest BCUT2D eigenvalue weighted by molar-refractivity contribution is 14.0. The predicted molar refractivity (Wildman–Crippen MR) is 88.0 cm³/mol. The summed E-state index contributed by atoms with van der Waals surface area (Å²) < 4.78 is 37.0. The fraction of sp³-hybridized carbons (Fsp3) is 0.923. The van der Waals surface area contributed by atoms with Crippen molar-refractivity contribution in [1.82, 2.24) is 9.80 Å².